The standard InChI is InChI=1S/C16H17F3N4O/c17-16(18,19)15-21-8-4-13(22-15)23-9-5-11(6-10-23)14(24)12-3-1-2-7-20-12/h1-4,7-8,11,14,24H,5-6,9-10H2/t14-/m0/s1. The summed E-state index contributed by atoms with van der Waals surface area (Å²) in [6.07, 6.45) is -1.15. The topological polar surface area (TPSA) is 62.1 Å². The molecule has 0 saturated carbocycles. The van der Waals surface area contributed by atoms with Gasteiger partial charge in [0.15, 0.2) is 0 Å². The van der Waals surface area contributed by atoms with Crippen molar-refractivity contribution in [1.29, 1.82) is 0 Å². The van der Waals surface area contributed by atoms with E-state index in [0.29, 0.717) is 31.6 Å². The van der Waals surface area contributed by atoms with E-state index < -0.39 is 18.1 Å². The highest BCUT2D eigenvalue weighted by Crippen LogP contribution is 2.32. The normalized spacial score (nSPS) is 17.8. The zero-order chi connectivity index (χ0) is 17.2. The lowest BCUT2D eigenvalue weighted by molar-refractivity contribution is -0.144. The van der Waals surface area contributed by atoms with E-state index in [1.165, 1.54) is 6.07 Å². The van der Waals surface area contributed by atoms with Crippen molar-refractivity contribution in [2.45, 2.75) is 25.1 Å². The van der Waals surface area contributed by atoms with Crippen molar-refractivity contribution in [1.82, 2.24) is 15.0 Å². The highest BCUT2D eigenvalue weighted by Gasteiger charge is 2.35. The van der Waals surface area contributed by atoms with E-state index in [-0.39, 0.29) is 11.7 Å². The Balaban J connectivity index is 1.65. The SMILES string of the molecule is O[C@H](c1ccccn1)C1CCN(c2ccnc(C(F)(F)F)n2)CC1. The van der Waals surface area contributed by atoms with E-state index in [0.717, 1.165) is 6.20 Å². The summed E-state index contributed by atoms with van der Waals surface area (Å²) in [5, 5.41) is 10.4. The van der Waals surface area contributed by atoms with Crippen LogP contribution >= 0.6 is 0 Å². The van der Waals surface area contributed by atoms with E-state index in [9.17, 15) is 18.3 Å². The second-order valence-corrected chi connectivity index (χ2v) is 5.76. The third-order valence-electron chi connectivity index (χ3n) is 4.20. The molecule has 0 radical (unpaired) electrons. The number of aromatic nitrogens is 3. The average molecular weight is 338 g/mol. The summed E-state index contributed by atoms with van der Waals surface area (Å²) in [6.45, 7) is 1.06. The van der Waals surface area contributed by atoms with Crippen molar-refractivity contribution in [3.8, 4) is 0 Å². The molecule has 0 amide bonds. The quantitative estimate of drug-likeness (QED) is 0.932. The van der Waals surface area contributed by atoms with Crippen LogP contribution < -0.4 is 4.90 Å². The van der Waals surface area contributed by atoms with Gasteiger partial charge < -0.3 is 10.0 Å². The molecular formula is C16H17F3N4O. The molecule has 1 aliphatic heterocycles. The zero-order valence-electron chi connectivity index (χ0n) is 12.8. The first-order chi connectivity index (χ1) is 11.4. The summed E-state index contributed by atoms with van der Waals surface area (Å²) in [7, 11) is 0. The largest absolute Gasteiger partial charge is 0.451 e. The molecule has 1 N–H and O–H groups in total. The number of alkyl halides is 3. The molecule has 0 spiro atoms. The maximum absolute atomic E-state index is 12.7. The van der Waals surface area contributed by atoms with Gasteiger partial charge in [-0.3, -0.25) is 4.98 Å². The number of aliphatic hydroxyl groups is 1. The summed E-state index contributed by atoms with van der Waals surface area (Å²) >= 11 is 0. The van der Waals surface area contributed by atoms with Gasteiger partial charge in [0.2, 0.25) is 5.82 Å². The minimum atomic E-state index is -4.55. The van der Waals surface area contributed by atoms with Gasteiger partial charge in [-0.05, 0) is 37.0 Å². The van der Waals surface area contributed by atoms with Gasteiger partial charge in [-0.15, -0.1) is 0 Å². The molecule has 2 aromatic rings. The van der Waals surface area contributed by atoms with Gasteiger partial charge in [0.25, 0.3) is 0 Å². The fourth-order valence-corrected chi connectivity index (χ4v) is 2.90. The van der Waals surface area contributed by atoms with Crippen molar-refractivity contribution in [3.63, 3.8) is 0 Å². The highest BCUT2D eigenvalue weighted by molar-refractivity contribution is 5.38. The molecule has 5 nitrogen and oxygen atoms in total. The third-order valence-corrected chi connectivity index (χ3v) is 4.20. The molecule has 128 valence electrons. The Hall–Kier alpha value is -2.22. The molecule has 24 heavy (non-hydrogen) atoms. The smallest absolute Gasteiger partial charge is 0.387 e. The Kier molecular flexibility index (Phi) is 4.66. The molecule has 0 unspecified atom stereocenters. The number of hydrogen-bond acceptors (Lipinski definition) is 5. The minimum Gasteiger partial charge on any atom is -0.387 e. The first-order valence-corrected chi connectivity index (χ1v) is 7.69. The van der Waals surface area contributed by atoms with Crippen molar-refractivity contribution < 1.29 is 18.3 Å². The van der Waals surface area contributed by atoms with Crippen LogP contribution in [0.15, 0.2) is 36.7 Å². The van der Waals surface area contributed by atoms with Gasteiger partial charge in [0.1, 0.15) is 5.82 Å². The van der Waals surface area contributed by atoms with Crippen molar-refractivity contribution in [2.24, 2.45) is 5.92 Å². The first-order valence-electron chi connectivity index (χ1n) is 7.69. The number of halogens is 3. The van der Waals surface area contributed by atoms with E-state index in [4.69, 9.17) is 0 Å². The van der Waals surface area contributed by atoms with Crippen molar-refractivity contribution >= 4 is 5.82 Å². The number of aliphatic hydroxyl groups excluding tert-OH is 1. The third kappa shape index (κ3) is 3.64. The van der Waals surface area contributed by atoms with Crippen molar-refractivity contribution in [3.05, 3.63) is 48.2 Å². The van der Waals surface area contributed by atoms with E-state index >= 15 is 0 Å². The maximum Gasteiger partial charge on any atom is 0.451 e. The summed E-state index contributed by atoms with van der Waals surface area (Å²) in [6, 6.07) is 6.86. The van der Waals surface area contributed by atoms with Gasteiger partial charge in [-0.2, -0.15) is 13.2 Å². The van der Waals surface area contributed by atoms with E-state index in [1.54, 1.807) is 23.2 Å². The molecule has 8 heteroatoms. The van der Waals surface area contributed by atoms with Gasteiger partial charge >= 0.3 is 6.18 Å². The summed E-state index contributed by atoms with van der Waals surface area (Å²) in [4.78, 5) is 12.8. The number of anilines is 1. The molecule has 1 atom stereocenters. The van der Waals surface area contributed by atoms with Crippen LogP contribution in [0.25, 0.3) is 0 Å². The zero-order valence-corrected chi connectivity index (χ0v) is 12.8. The van der Waals surface area contributed by atoms with Crippen LogP contribution in [0.4, 0.5) is 19.0 Å². The minimum absolute atomic E-state index is 0.0278. The van der Waals surface area contributed by atoms with Gasteiger partial charge in [0, 0.05) is 25.5 Å². The van der Waals surface area contributed by atoms with Crippen LogP contribution in [0.3, 0.4) is 0 Å². The predicted octanol–water partition coefficient (Wildman–Crippen LogP) is 2.84. The number of nitrogens with zero attached hydrogens (tertiary/aromatic N) is 4. The molecule has 0 aromatic carbocycles. The first kappa shape index (κ1) is 16.6. The van der Waals surface area contributed by atoms with Crippen LogP contribution in [-0.2, 0) is 6.18 Å². The maximum atomic E-state index is 12.7. The van der Waals surface area contributed by atoms with Gasteiger partial charge in [-0.1, -0.05) is 6.07 Å². The second-order valence-electron chi connectivity index (χ2n) is 5.76. The Morgan fingerprint density at radius 1 is 1.08 bits per heavy atom. The Bertz CT molecular complexity index is 673. The molecular weight excluding hydrogens is 321 g/mol. The summed E-state index contributed by atoms with van der Waals surface area (Å²) in [5.41, 5.74) is 0.623. The van der Waals surface area contributed by atoms with Crippen LogP contribution in [0, 0.1) is 5.92 Å². The number of hydrogen-bond donors (Lipinski definition) is 1. The van der Waals surface area contributed by atoms with Crippen LogP contribution in [0.1, 0.15) is 30.5 Å². The molecule has 0 aliphatic carbocycles. The molecule has 2 aromatic heterocycles. The fourth-order valence-electron chi connectivity index (χ4n) is 2.90. The lowest BCUT2D eigenvalue weighted by atomic mass is 9.89. The summed E-state index contributed by atoms with van der Waals surface area (Å²) < 4.78 is 38.1. The Morgan fingerprint density at radius 3 is 2.46 bits per heavy atom. The Labute approximate surface area is 137 Å². The fraction of sp³-hybridized carbons (Fsp3) is 0.438. The van der Waals surface area contributed by atoms with Crippen LogP contribution in [-0.4, -0.2) is 33.1 Å². The second kappa shape index (κ2) is 6.72. The van der Waals surface area contributed by atoms with E-state index in [2.05, 4.69) is 15.0 Å². The number of rotatable bonds is 3. The monoisotopic (exact) mass is 338 g/mol. The van der Waals surface area contributed by atoms with Gasteiger partial charge in [0.05, 0.1) is 11.8 Å². The van der Waals surface area contributed by atoms with Crippen molar-refractivity contribution in [2.75, 3.05) is 18.0 Å². The molecule has 3 heterocycles. The lowest BCUT2D eigenvalue weighted by Crippen LogP contribution is -2.36. The van der Waals surface area contributed by atoms with Crippen LogP contribution in [0.5, 0.6) is 0 Å². The molecule has 1 saturated heterocycles. The molecule has 0 bridgehead atoms. The molecule has 1 fully saturated rings. The molecule has 1 aliphatic rings. The Morgan fingerprint density at radius 2 is 1.83 bits per heavy atom. The predicted molar refractivity (Wildman–Crippen MR) is 81.2 cm³/mol. The molecule has 3 rings (SSSR count). The average Bonchev–Trinajstić information content (AvgIpc) is 2.61. The summed E-state index contributed by atoms with van der Waals surface area (Å²) in [5.74, 6) is -0.834. The lowest BCUT2D eigenvalue weighted by Gasteiger charge is -2.34. The van der Waals surface area contributed by atoms with E-state index in [1.807, 2.05) is 6.07 Å². The van der Waals surface area contributed by atoms with Crippen LogP contribution in [0.2, 0.25) is 0 Å². The number of pyridine rings is 1. The van der Waals surface area contributed by atoms with Gasteiger partial charge in [-0.25, -0.2) is 9.97 Å². The highest BCUT2D eigenvalue weighted by atomic mass is 19.4. The number of piperidine rings is 1.